The Morgan fingerprint density at radius 1 is 1.47 bits per heavy atom. The molecule has 82 valence electrons. The van der Waals surface area contributed by atoms with Crippen molar-refractivity contribution in [2.75, 3.05) is 19.0 Å². The molecule has 1 aromatic carbocycles. The van der Waals surface area contributed by atoms with E-state index in [1.54, 1.807) is 7.11 Å². The van der Waals surface area contributed by atoms with Crippen LogP contribution in [0.25, 0.3) is 0 Å². The molecule has 0 N–H and O–H groups in total. The van der Waals surface area contributed by atoms with Gasteiger partial charge in [-0.05, 0) is 30.5 Å². The summed E-state index contributed by atoms with van der Waals surface area (Å²) in [7, 11) is 1.69. The van der Waals surface area contributed by atoms with E-state index in [1.807, 2.05) is 25.3 Å². The van der Waals surface area contributed by atoms with Gasteiger partial charge in [0.2, 0.25) is 0 Å². The summed E-state index contributed by atoms with van der Waals surface area (Å²) < 4.78 is 5.24. The number of ether oxygens (including phenoxy) is 1. The molecule has 0 aliphatic rings. The molecule has 0 unspecified atom stereocenters. The van der Waals surface area contributed by atoms with Crippen molar-refractivity contribution in [1.29, 1.82) is 0 Å². The maximum atomic E-state index is 5.24. The van der Waals surface area contributed by atoms with Gasteiger partial charge in [0.15, 0.2) is 0 Å². The zero-order valence-electron chi connectivity index (χ0n) is 9.16. The minimum atomic E-state index is 0.863. The first-order chi connectivity index (χ1) is 7.27. The van der Waals surface area contributed by atoms with Crippen molar-refractivity contribution in [3.8, 4) is 5.75 Å². The molecule has 0 saturated carbocycles. The summed E-state index contributed by atoms with van der Waals surface area (Å²) in [6, 6.07) is 6.10. The Bertz CT molecular complexity index is 336. The van der Waals surface area contributed by atoms with Gasteiger partial charge in [-0.3, -0.25) is 4.99 Å². The molecule has 1 rings (SSSR count). The van der Waals surface area contributed by atoms with Gasteiger partial charge >= 0.3 is 0 Å². The molecule has 2 nitrogen and oxygen atoms in total. The van der Waals surface area contributed by atoms with Gasteiger partial charge in [0.25, 0.3) is 0 Å². The third-order valence-corrected chi connectivity index (χ3v) is 2.65. The summed E-state index contributed by atoms with van der Waals surface area (Å²) in [6.45, 7) is 2.89. The van der Waals surface area contributed by atoms with Crippen LogP contribution in [0.1, 0.15) is 17.5 Å². The highest BCUT2D eigenvalue weighted by Gasteiger charge is 1.97. The molecular formula is C12H16BrNO. The first kappa shape index (κ1) is 12.2. The fourth-order valence-electron chi connectivity index (χ4n) is 1.24. The van der Waals surface area contributed by atoms with E-state index in [4.69, 9.17) is 4.74 Å². The number of aryl methyl sites for hydroxylation is 1. The van der Waals surface area contributed by atoms with E-state index in [2.05, 4.69) is 27.0 Å². The van der Waals surface area contributed by atoms with Crippen molar-refractivity contribution in [3.63, 3.8) is 0 Å². The average molecular weight is 270 g/mol. The van der Waals surface area contributed by atoms with Gasteiger partial charge in [0.1, 0.15) is 5.75 Å². The zero-order valence-corrected chi connectivity index (χ0v) is 10.8. The predicted octanol–water partition coefficient (Wildman–Crippen LogP) is 3.21. The SMILES string of the molecule is COc1cc(/C=N/CCCBr)ccc1C. The third kappa shape index (κ3) is 4.04. The van der Waals surface area contributed by atoms with Crippen molar-refractivity contribution in [2.45, 2.75) is 13.3 Å². The smallest absolute Gasteiger partial charge is 0.122 e. The number of methoxy groups -OCH3 is 1. The van der Waals surface area contributed by atoms with Gasteiger partial charge in [0.05, 0.1) is 7.11 Å². The van der Waals surface area contributed by atoms with Crippen LogP contribution >= 0.6 is 15.9 Å². The van der Waals surface area contributed by atoms with E-state index in [0.29, 0.717) is 0 Å². The van der Waals surface area contributed by atoms with E-state index in [0.717, 1.165) is 35.2 Å². The van der Waals surface area contributed by atoms with Gasteiger partial charge in [-0.15, -0.1) is 0 Å². The number of benzene rings is 1. The van der Waals surface area contributed by atoms with Crippen LogP contribution in [0, 0.1) is 6.92 Å². The zero-order chi connectivity index (χ0) is 11.1. The Balaban J connectivity index is 2.65. The molecule has 0 aliphatic carbocycles. The Labute approximate surface area is 99.5 Å². The summed E-state index contributed by atoms with van der Waals surface area (Å²) in [4.78, 5) is 4.33. The second-order valence-corrected chi connectivity index (χ2v) is 4.10. The lowest BCUT2D eigenvalue weighted by Gasteiger charge is -2.04. The highest BCUT2D eigenvalue weighted by molar-refractivity contribution is 9.09. The first-order valence-corrected chi connectivity index (χ1v) is 6.10. The second-order valence-electron chi connectivity index (χ2n) is 3.31. The van der Waals surface area contributed by atoms with Gasteiger partial charge in [-0.1, -0.05) is 28.1 Å². The summed E-state index contributed by atoms with van der Waals surface area (Å²) in [5, 5.41) is 1.00. The maximum absolute atomic E-state index is 5.24. The lowest BCUT2D eigenvalue weighted by Crippen LogP contribution is -1.90. The number of hydrogen-bond donors (Lipinski definition) is 0. The fraction of sp³-hybridized carbons (Fsp3) is 0.417. The highest BCUT2D eigenvalue weighted by Crippen LogP contribution is 2.17. The van der Waals surface area contributed by atoms with E-state index >= 15 is 0 Å². The van der Waals surface area contributed by atoms with Gasteiger partial charge in [-0.25, -0.2) is 0 Å². The van der Waals surface area contributed by atoms with Crippen LogP contribution in [0.3, 0.4) is 0 Å². The Morgan fingerprint density at radius 3 is 2.93 bits per heavy atom. The number of nitrogens with zero attached hydrogens (tertiary/aromatic N) is 1. The average Bonchev–Trinajstić information content (AvgIpc) is 2.26. The van der Waals surface area contributed by atoms with E-state index in [-0.39, 0.29) is 0 Å². The molecule has 3 heteroatoms. The predicted molar refractivity (Wildman–Crippen MR) is 68.6 cm³/mol. The second kappa shape index (κ2) is 6.62. The molecule has 0 saturated heterocycles. The molecule has 0 amide bonds. The van der Waals surface area contributed by atoms with Crippen molar-refractivity contribution in [2.24, 2.45) is 4.99 Å². The number of aliphatic imine (C=N–C) groups is 1. The van der Waals surface area contributed by atoms with Crippen LogP contribution in [0.15, 0.2) is 23.2 Å². The van der Waals surface area contributed by atoms with E-state index in [1.165, 1.54) is 0 Å². The molecule has 0 radical (unpaired) electrons. The van der Waals surface area contributed by atoms with Crippen LogP contribution in [-0.2, 0) is 0 Å². The van der Waals surface area contributed by atoms with Crippen LogP contribution in [0.5, 0.6) is 5.75 Å². The minimum absolute atomic E-state index is 0.863. The monoisotopic (exact) mass is 269 g/mol. The maximum Gasteiger partial charge on any atom is 0.122 e. The van der Waals surface area contributed by atoms with Crippen molar-refractivity contribution >= 4 is 22.1 Å². The van der Waals surface area contributed by atoms with Crippen molar-refractivity contribution < 1.29 is 4.74 Å². The number of rotatable bonds is 5. The quantitative estimate of drug-likeness (QED) is 0.457. The molecule has 0 fully saturated rings. The fourth-order valence-corrected chi connectivity index (χ4v) is 1.49. The summed E-state index contributed by atoms with van der Waals surface area (Å²) >= 11 is 3.37. The van der Waals surface area contributed by atoms with Crippen molar-refractivity contribution in [3.05, 3.63) is 29.3 Å². The molecule has 0 aromatic heterocycles. The number of halogens is 1. The topological polar surface area (TPSA) is 21.6 Å². The summed E-state index contributed by atoms with van der Waals surface area (Å²) in [6.07, 6.45) is 2.96. The standard InChI is InChI=1S/C12H16BrNO/c1-10-4-5-11(8-12(10)15-2)9-14-7-3-6-13/h4-5,8-9H,3,6-7H2,1-2H3/b14-9+. The molecule has 0 aliphatic heterocycles. The molecule has 0 heterocycles. The van der Waals surface area contributed by atoms with E-state index < -0.39 is 0 Å². The van der Waals surface area contributed by atoms with E-state index in [9.17, 15) is 0 Å². The molecule has 0 bridgehead atoms. The number of alkyl halides is 1. The normalized spacial score (nSPS) is 10.9. The highest BCUT2D eigenvalue weighted by atomic mass is 79.9. The Hall–Kier alpha value is -0.830. The van der Waals surface area contributed by atoms with Gasteiger partial charge in [-0.2, -0.15) is 0 Å². The summed E-state index contributed by atoms with van der Waals surface area (Å²) in [5.74, 6) is 0.916. The van der Waals surface area contributed by atoms with Crippen LogP contribution in [0.2, 0.25) is 0 Å². The summed E-state index contributed by atoms with van der Waals surface area (Å²) in [5.41, 5.74) is 2.24. The lowest BCUT2D eigenvalue weighted by molar-refractivity contribution is 0.411. The molecular weight excluding hydrogens is 254 g/mol. The molecule has 0 atom stereocenters. The largest absolute Gasteiger partial charge is 0.496 e. The molecule has 15 heavy (non-hydrogen) atoms. The van der Waals surface area contributed by atoms with Gasteiger partial charge in [0, 0.05) is 18.1 Å². The van der Waals surface area contributed by atoms with Crippen LogP contribution in [0.4, 0.5) is 0 Å². The number of hydrogen-bond acceptors (Lipinski definition) is 2. The molecule has 0 spiro atoms. The third-order valence-electron chi connectivity index (χ3n) is 2.09. The van der Waals surface area contributed by atoms with Gasteiger partial charge < -0.3 is 4.74 Å². The van der Waals surface area contributed by atoms with Crippen molar-refractivity contribution in [1.82, 2.24) is 0 Å². The Kier molecular flexibility index (Phi) is 5.40. The van der Waals surface area contributed by atoms with Crippen LogP contribution in [-0.4, -0.2) is 25.2 Å². The minimum Gasteiger partial charge on any atom is -0.496 e. The lowest BCUT2D eigenvalue weighted by atomic mass is 10.1. The first-order valence-electron chi connectivity index (χ1n) is 4.98. The molecule has 1 aromatic rings. The Morgan fingerprint density at radius 2 is 2.27 bits per heavy atom. The van der Waals surface area contributed by atoms with Crippen LogP contribution < -0.4 is 4.74 Å².